The summed E-state index contributed by atoms with van der Waals surface area (Å²) >= 11 is 0. The zero-order chi connectivity index (χ0) is 12.8. The molecule has 0 aromatic carbocycles. The minimum absolute atomic E-state index is 0.578. The van der Waals surface area contributed by atoms with Crippen molar-refractivity contribution in [2.24, 2.45) is 5.92 Å². The molecule has 18 heavy (non-hydrogen) atoms. The molecule has 1 heterocycles. The Morgan fingerprint density at radius 1 is 1.28 bits per heavy atom. The van der Waals surface area contributed by atoms with Gasteiger partial charge in [0.15, 0.2) is 0 Å². The van der Waals surface area contributed by atoms with Gasteiger partial charge in [-0.05, 0) is 44.7 Å². The lowest BCUT2D eigenvalue weighted by Gasteiger charge is -2.37. The molecule has 2 aliphatic rings. The van der Waals surface area contributed by atoms with Crippen molar-refractivity contribution in [3.63, 3.8) is 0 Å². The van der Waals surface area contributed by atoms with E-state index in [2.05, 4.69) is 17.1 Å². The first-order chi connectivity index (χ1) is 8.86. The van der Waals surface area contributed by atoms with E-state index in [9.17, 15) is 0 Å². The SMILES string of the molecule is CCCNCC(COC)N1CCC2CCCCC21. The summed E-state index contributed by atoms with van der Waals surface area (Å²) in [5.41, 5.74) is 0. The van der Waals surface area contributed by atoms with E-state index >= 15 is 0 Å². The highest BCUT2D eigenvalue weighted by atomic mass is 16.5. The molecule has 3 heteroatoms. The van der Waals surface area contributed by atoms with Gasteiger partial charge in [0.2, 0.25) is 0 Å². The summed E-state index contributed by atoms with van der Waals surface area (Å²) in [5, 5.41) is 3.57. The van der Waals surface area contributed by atoms with E-state index in [-0.39, 0.29) is 0 Å². The fourth-order valence-corrected chi connectivity index (χ4v) is 3.81. The number of methoxy groups -OCH3 is 1. The lowest BCUT2D eigenvalue weighted by atomic mass is 9.85. The van der Waals surface area contributed by atoms with E-state index in [0.29, 0.717) is 6.04 Å². The topological polar surface area (TPSA) is 24.5 Å². The standard InChI is InChI=1S/C15H30N2O/c1-3-9-16-11-14(12-18-2)17-10-8-13-6-4-5-7-15(13)17/h13-16H,3-12H2,1-2H3. The van der Waals surface area contributed by atoms with E-state index in [1.807, 2.05) is 7.11 Å². The van der Waals surface area contributed by atoms with Crippen LogP contribution in [0, 0.1) is 5.92 Å². The van der Waals surface area contributed by atoms with Gasteiger partial charge in [-0.25, -0.2) is 0 Å². The molecule has 0 bridgehead atoms. The molecule has 0 aromatic heterocycles. The van der Waals surface area contributed by atoms with Crippen LogP contribution in [0.3, 0.4) is 0 Å². The van der Waals surface area contributed by atoms with Crippen molar-refractivity contribution in [2.75, 3.05) is 33.4 Å². The molecule has 2 rings (SSSR count). The van der Waals surface area contributed by atoms with Crippen LogP contribution in [0.15, 0.2) is 0 Å². The molecule has 1 saturated carbocycles. The highest BCUT2D eigenvalue weighted by Gasteiger charge is 2.38. The monoisotopic (exact) mass is 254 g/mol. The Morgan fingerprint density at radius 2 is 2.11 bits per heavy atom. The van der Waals surface area contributed by atoms with Crippen molar-refractivity contribution >= 4 is 0 Å². The highest BCUT2D eigenvalue weighted by molar-refractivity contribution is 4.93. The number of nitrogens with zero attached hydrogens (tertiary/aromatic N) is 1. The van der Waals surface area contributed by atoms with Gasteiger partial charge in [-0.3, -0.25) is 4.90 Å². The van der Waals surface area contributed by atoms with Crippen LogP contribution in [0.1, 0.15) is 45.4 Å². The molecule has 0 radical (unpaired) electrons. The van der Waals surface area contributed by atoms with E-state index < -0.39 is 0 Å². The normalized spacial score (nSPS) is 30.3. The smallest absolute Gasteiger partial charge is 0.0630 e. The second-order valence-electron chi connectivity index (χ2n) is 5.95. The van der Waals surface area contributed by atoms with Crippen LogP contribution in [0.25, 0.3) is 0 Å². The van der Waals surface area contributed by atoms with Crippen LogP contribution in [0.4, 0.5) is 0 Å². The van der Waals surface area contributed by atoms with Crippen molar-refractivity contribution < 1.29 is 4.74 Å². The Bertz CT molecular complexity index is 235. The molecule has 3 unspecified atom stereocenters. The maximum atomic E-state index is 5.45. The van der Waals surface area contributed by atoms with Crippen LogP contribution in [-0.4, -0.2) is 50.3 Å². The predicted octanol–water partition coefficient (Wildman–Crippen LogP) is 2.27. The number of nitrogens with one attached hydrogen (secondary N) is 1. The molecule has 3 atom stereocenters. The average molecular weight is 254 g/mol. The molecule has 0 aromatic rings. The maximum Gasteiger partial charge on any atom is 0.0630 e. The largest absolute Gasteiger partial charge is 0.383 e. The summed E-state index contributed by atoms with van der Waals surface area (Å²) in [6.07, 6.45) is 8.39. The Kier molecular flexibility index (Phi) is 5.93. The van der Waals surface area contributed by atoms with Gasteiger partial charge in [-0.15, -0.1) is 0 Å². The molecule has 0 amide bonds. The minimum atomic E-state index is 0.578. The number of hydrogen-bond donors (Lipinski definition) is 1. The second kappa shape index (κ2) is 7.46. The van der Waals surface area contributed by atoms with Gasteiger partial charge in [-0.1, -0.05) is 19.8 Å². The third kappa shape index (κ3) is 3.46. The first-order valence-electron chi connectivity index (χ1n) is 7.82. The van der Waals surface area contributed by atoms with Gasteiger partial charge in [0.25, 0.3) is 0 Å². The van der Waals surface area contributed by atoms with Crippen LogP contribution in [0.5, 0.6) is 0 Å². The lowest BCUT2D eigenvalue weighted by molar-refractivity contribution is 0.0644. The van der Waals surface area contributed by atoms with Crippen LogP contribution < -0.4 is 5.32 Å². The molecule has 1 aliphatic carbocycles. The van der Waals surface area contributed by atoms with Crippen molar-refractivity contribution in [3.8, 4) is 0 Å². The Labute approximate surface area is 112 Å². The predicted molar refractivity (Wildman–Crippen MR) is 75.9 cm³/mol. The van der Waals surface area contributed by atoms with Crippen molar-refractivity contribution in [3.05, 3.63) is 0 Å². The molecule has 2 fully saturated rings. The highest BCUT2D eigenvalue weighted by Crippen LogP contribution is 2.37. The van der Waals surface area contributed by atoms with Crippen LogP contribution in [-0.2, 0) is 4.74 Å². The third-order valence-electron chi connectivity index (χ3n) is 4.69. The van der Waals surface area contributed by atoms with Gasteiger partial charge >= 0.3 is 0 Å². The molecule has 106 valence electrons. The Hall–Kier alpha value is -0.120. The molecule has 1 saturated heterocycles. The zero-order valence-electron chi connectivity index (χ0n) is 12.2. The van der Waals surface area contributed by atoms with E-state index in [1.54, 1.807) is 0 Å². The van der Waals surface area contributed by atoms with Crippen molar-refractivity contribution in [1.82, 2.24) is 10.2 Å². The number of likely N-dealkylation sites (tertiary alicyclic amines) is 1. The number of fused-ring (bicyclic) bond motifs is 1. The van der Waals surface area contributed by atoms with Crippen molar-refractivity contribution in [1.29, 1.82) is 0 Å². The summed E-state index contributed by atoms with van der Waals surface area (Å²) < 4.78 is 5.45. The van der Waals surface area contributed by atoms with Gasteiger partial charge in [0.1, 0.15) is 0 Å². The summed E-state index contributed by atoms with van der Waals surface area (Å²) in [7, 11) is 1.83. The molecular formula is C15H30N2O. The lowest BCUT2D eigenvalue weighted by Crippen LogP contribution is -2.49. The van der Waals surface area contributed by atoms with E-state index in [1.165, 1.54) is 45.1 Å². The first-order valence-corrected chi connectivity index (χ1v) is 7.82. The molecule has 1 aliphatic heterocycles. The van der Waals surface area contributed by atoms with Gasteiger partial charge in [0.05, 0.1) is 6.61 Å². The maximum absolute atomic E-state index is 5.45. The van der Waals surface area contributed by atoms with Crippen molar-refractivity contribution in [2.45, 2.75) is 57.5 Å². The minimum Gasteiger partial charge on any atom is -0.383 e. The quantitative estimate of drug-likeness (QED) is 0.705. The van der Waals surface area contributed by atoms with Gasteiger partial charge < -0.3 is 10.1 Å². The molecule has 3 nitrogen and oxygen atoms in total. The zero-order valence-corrected chi connectivity index (χ0v) is 12.2. The van der Waals surface area contributed by atoms with Gasteiger partial charge in [-0.2, -0.15) is 0 Å². The summed E-state index contributed by atoms with van der Waals surface area (Å²) in [6, 6.07) is 1.43. The second-order valence-corrected chi connectivity index (χ2v) is 5.95. The number of ether oxygens (including phenoxy) is 1. The first kappa shape index (κ1) is 14.3. The Balaban J connectivity index is 1.88. The molecule has 1 N–H and O–H groups in total. The average Bonchev–Trinajstić information content (AvgIpc) is 2.82. The van der Waals surface area contributed by atoms with E-state index in [4.69, 9.17) is 4.74 Å². The Morgan fingerprint density at radius 3 is 2.89 bits per heavy atom. The fourth-order valence-electron chi connectivity index (χ4n) is 3.81. The molecule has 0 spiro atoms. The van der Waals surface area contributed by atoms with Gasteiger partial charge in [0, 0.05) is 25.7 Å². The molecular weight excluding hydrogens is 224 g/mol. The summed E-state index contributed by atoms with van der Waals surface area (Å²) in [5.74, 6) is 0.976. The number of hydrogen-bond acceptors (Lipinski definition) is 3. The summed E-state index contributed by atoms with van der Waals surface area (Å²) in [4.78, 5) is 2.75. The summed E-state index contributed by atoms with van der Waals surface area (Å²) in [6.45, 7) is 6.61. The van der Waals surface area contributed by atoms with Crippen LogP contribution in [0.2, 0.25) is 0 Å². The number of rotatable bonds is 7. The van der Waals surface area contributed by atoms with E-state index in [0.717, 1.165) is 31.7 Å². The third-order valence-corrected chi connectivity index (χ3v) is 4.69. The van der Waals surface area contributed by atoms with Crippen LogP contribution >= 0.6 is 0 Å². The fraction of sp³-hybridized carbons (Fsp3) is 1.00.